The average Bonchev–Trinajstić information content (AvgIpc) is 3.39. The quantitative estimate of drug-likeness (QED) is 0.124. The van der Waals surface area contributed by atoms with Crippen molar-refractivity contribution < 1.29 is 14.3 Å². The topological polar surface area (TPSA) is 122 Å². The Hall–Kier alpha value is -4.07. The summed E-state index contributed by atoms with van der Waals surface area (Å²) in [5.41, 5.74) is 13.6. The molecule has 0 saturated heterocycles. The number of amides is 2. The van der Waals surface area contributed by atoms with Gasteiger partial charge in [0, 0.05) is 47.3 Å². The van der Waals surface area contributed by atoms with E-state index in [2.05, 4.69) is 64.3 Å². The van der Waals surface area contributed by atoms with Crippen molar-refractivity contribution in [1.82, 2.24) is 15.3 Å². The van der Waals surface area contributed by atoms with E-state index in [1.54, 1.807) is 6.92 Å². The molecule has 222 valence electrons. The lowest BCUT2D eigenvalue weighted by Gasteiger charge is -2.27. The van der Waals surface area contributed by atoms with E-state index in [1.165, 1.54) is 51.7 Å². The number of carbonyl (C=O) groups is 2. The van der Waals surface area contributed by atoms with Crippen LogP contribution in [0.3, 0.4) is 0 Å². The number of rotatable bonds is 14. The molecule has 2 aromatic heterocycles. The maximum atomic E-state index is 11.4. The van der Waals surface area contributed by atoms with Crippen LogP contribution in [0.5, 0.6) is 0 Å². The van der Waals surface area contributed by atoms with Gasteiger partial charge in [0.25, 0.3) is 0 Å². The molecule has 8 heteroatoms. The van der Waals surface area contributed by atoms with E-state index in [4.69, 9.17) is 15.5 Å². The van der Waals surface area contributed by atoms with Crippen molar-refractivity contribution in [3.63, 3.8) is 0 Å². The van der Waals surface area contributed by atoms with Gasteiger partial charge in [0.1, 0.15) is 0 Å². The van der Waals surface area contributed by atoms with Crippen molar-refractivity contribution in [2.75, 3.05) is 18.5 Å². The highest BCUT2D eigenvalue weighted by atomic mass is 16.5. The Kier molecular flexibility index (Phi) is 9.95. The number of pyridine rings is 1. The number of nitrogens with one attached hydrogen (secondary N) is 3. The molecule has 42 heavy (non-hydrogen) atoms. The number of carbonyl (C=O) groups excluding carboxylic acids is 2. The lowest BCUT2D eigenvalue weighted by atomic mass is 9.91. The molecule has 8 nitrogen and oxygen atoms in total. The number of unbranched alkanes of at least 4 members (excludes halogenated alkanes) is 4. The number of ether oxygens (including phenoxy) is 1. The minimum atomic E-state index is -0.701. The Morgan fingerprint density at radius 3 is 2.69 bits per heavy atom. The maximum Gasteiger partial charge on any atom is 0.404 e. The number of aromatic nitrogens is 2. The van der Waals surface area contributed by atoms with Gasteiger partial charge in [0.2, 0.25) is 5.91 Å². The van der Waals surface area contributed by atoms with Gasteiger partial charge in [-0.05, 0) is 79.8 Å². The summed E-state index contributed by atoms with van der Waals surface area (Å²) >= 11 is 0. The first-order valence-electron chi connectivity index (χ1n) is 15.4. The lowest BCUT2D eigenvalue weighted by Crippen LogP contribution is -2.22. The Balaban J connectivity index is 1.39. The highest BCUT2D eigenvalue weighted by Crippen LogP contribution is 2.37. The molecule has 0 bridgehead atoms. The van der Waals surface area contributed by atoms with Crippen LogP contribution in [-0.4, -0.2) is 35.1 Å². The predicted octanol–water partition coefficient (Wildman–Crippen LogP) is 6.86. The summed E-state index contributed by atoms with van der Waals surface area (Å²) in [5, 5.41) is 9.37. The molecular weight excluding hydrogens is 526 g/mol. The molecule has 1 aliphatic rings. The van der Waals surface area contributed by atoms with Crippen molar-refractivity contribution in [3.05, 3.63) is 71.0 Å². The molecule has 5 rings (SSSR count). The smallest absolute Gasteiger partial charge is 0.404 e. The van der Waals surface area contributed by atoms with Crippen LogP contribution < -0.4 is 16.4 Å². The molecule has 0 saturated carbocycles. The van der Waals surface area contributed by atoms with Crippen LogP contribution in [-0.2, 0) is 28.8 Å². The second kappa shape index (κ2) is 14.2. The van der Waals surface area contributed by atoms with Crippen molar-refractivity contribution in [2.24, 2.45) is 5.73 Å². The number of aromatic amines is 1. The Bertz CT molecular complexity index is 1530. The van der Waals surface area contributed by atoms with E-state index in [1.807, 2.05) is 0 Å². The zero-order chi connectivity index (χ0) is 29.3. The highest BCUT2D eigenvalue weighted by molar-refractivity contribution is 5.94. The number of anilines is 1. The van der Waals surface area contributed by atoms with Crippen molar-refractivity contribution in [1.29, 1.82) is 0 Å². The van der Waals surface area contributed by atoms with Crippen molar-refractivity contribution in [2.45, 2.75) is 83.6 Å². The number of para-hydroxylation sites is 1. The predicted molar refractivity (Wildman–Crippen MR) is 169 cm³/mol. The molecule has 4 aromatic rings. The first kappa shape index (κ1) is 29.4. The van der Waals surface area contributed by atoms with E-state index in [0.29, 0.717) is 13.2 Å². The third-order valence-electron chi connectivity index (χ3n) is 8.33. The van der Waals surface area contributed by atoms with Crippen LogP contribution in [0, 0.1) is 0 Å². The molecule has 0 fully saturated rings. The van der Waals surface area contributed by atoms with E-state index in [9.17, 15) is 9.59 Å². The maximum absolute atomic E-state index is 11.4. The van der Waals surface area contributed by atoms with E-state index in [-0.39, 0.29) is 11.9 Å². The number of benzene rings is 2. The van der Waals surface area contributed by atoms with Gasteiger partial charge in [-0.25, -0.2) is 4.79 Å². The number of hydrogen-bond acceptors (Lipinski definition) is 5. The molecule has 1 aliphatic carbocycles. The van der Waals surface area contributed by atoms with Crippen LogP contribution in [0.4, 0.5) is 10.5 Å². The van der Waals surface area contributed by atoms with Crippen LogP contribution in [0.1, 0.15) is 86.7 Å². The van der Waals surface area contributed by atoms with Gasteiger partial charge >= 0.3 is 6.09 Å². The fourth-order valence-corrected chi connectivity index (χ4v) is 6.18. The van der Waals surface area contributed by atoms with E-state index < -0.39 is 6.09 Å². The molecule has 2 aromatic carbocycles. The second-order valence-corrected chi connectivity index (χ2v) is 11.4. The molecule has 1 unspecified atom stereocenters. The van der Waals surface area contributed by atoms with Gasteiger partial charge < -0.3 is 26.1 Å². The number of fused-ring (bicyclic) bond motifs is 3. The number of primary amides is 1. The van der Waals surface area contributed by atoms with Crippen molar-refractivity contribution in [3.8, 4) is 0 Å². The molecule has 0 aliphatic heterocycles. The largest absolute Gasteiger partial charge is 0.450 e. The van der Waals surface area contributed by atoms with Gasteiger partial charge in [-0.15, -0.1) is 0 Å². The zero-order valence-electron chi connectivity index (χ0n) is 24.6. The van der Waals surface area contributed by atoms with Crippen LogP contribution in [0.15, 0.2) is 48.7 Å². The monoisotopic (exact) mass is 569 g/mol. The molecule has 0 radical (unpaired) electrons. The number of aryl methyl sites for hydroxylation is 1. The van der Waals surface area contributed by atoms with Crippen molar-refractivity contribution >= 4 is 39.5 Å². The highest BCUT2D eigenvalue weighted by Gasteiger charge is 2.21. The summed E-state index contributed by atoms with van der Waals surface area (Å²) in [4.78, 5) is 30.7. The number of nitrogens with zero attached hydrogens (tertiary/aromatic N) is 1. The summed E-state index contributed by atoms with van der Waals surface area (Å²) in [7, 11) is 0. The Labute approximate surface area is 247 Å². The minimum absolute atomic E-state index is 0.00639. The third-order valence-corrected chi connectivity index (χ3v) is 8.33. The summed E-state index contributed by atoms with van der Waals surface area (Å²) in [6.07, 6.45) is 12.8. The molecule has 5 N–H and O–H groups in total. The van der Waals surface area contributed by atoms with Gasteiger partial charge in [0.05, 0.1) is 18.2 Å². The van der Waals surface area contributed by atoms with Gasteiger partial charge in [-0.1, -0.05) is 49.9 Å². The van der Waals surface area contributed by atoms with Crippen LogP contribution >= 0.6 is 0 Å². The minimum Gasteiger partial charge on any atom is -0.450 e. The van der Waals surface area contributed by atoms with Gasteiger partial charge in [-0.3, -0.25) is 9.78 Å². The number of nitrogens with two attached hydrogens (primary N) is 1. The Morgan fingerprint density at radius 2 is 1.83 bits per heavy atom. The number of hydrogen-bond donors (Lipinski definition) is 4. The molecule has 2 amide bonds. The summed E-state index contributed by atoms with van der Waals surface area (Å²) in [6.45, 7) is 2.56. The summed E-state index contributed by atoms with van der Waals surface area (Å²) in [5.74, 6) is -0.00639. The standard InChI is InChI=1S/C34H43N5O3/c1-23(40)36-19-18-25-22-37-30-17-16-24(21-28(25)30)29(13-5-3-2-4-10-20-42-34(35)41)39-33-26-11-6-8-14-31(26)38-32-15-9-7-12-27(32)33/h6,8,11,14,16-17,21-22,29,37H,2-5,7,9-10,12-13,15,18-20H2,1H3,(H2,35,41)(H,36,40)(H,38,39). The average molecular weight is 570 g/mol. The molecule has 0 spiro atoms. The summed E-state index contributed by atoms with van der Waals surface area (Å²) in [6, 6.07) is 15.4. The van der Waals surface area contributed by atoms with Gasteiger partial charge in [0.15, 0.2) is 0 Å². The van der Waals surface area contributed by atoms with Crippen LogP contribution in [0.2, 0.25) is 0 Å². The van der Waals surface area contributed by atoms with Crippen LogP contribution in [0.25, 0.3) is 21.8 Å². The second-order valence-electron chi connectivity index (χ2n) is 11.4. The fourth-order valence-electron chi connectivity index (χ4n) is 6.18. The van der Waals surface area contributed by atoms with E-state index in [0.717, 1.165) is 68.8 Å². The first-order chi connectivity index (χ1) is 20.5. The Morgan fingerprint density at radius 1 is 1.02 bits per heavy atom. The SMILES string of the molecule is CC(=O)NCCc1c[nH]c2ccc(C(CCCCCCCOC(N)=O)Nc3c4c(nc5ccccc35)CCCC4)cc12. The normalized spacial score (nSPS) is 13.5. The van der Waals surface area contributed by atoms with Gasteiger partial charge in [-0.2, -0.15) is 0 Å². The van der Waals surface area contributed by atoms with E-state index >= 15 is 0 Å². The zero-order valence-corrected chi connectivity index (χ0v) is 24.6. The third kappa shape index (κ3) is 7.41. The molecular formula is C34H43N5O3. The number of H-pyrrole nitrogens is 1. The fraction of sp³-hybridized carbons (Fsp3) is 0.441. The molecule has 1 atom stereocenters. The molecule has 2 heterocycles. The lowest BCUT2D eigenvalue weighted by molar-refractivity contribution is -0.118. The summed E-state index contributed by atoms with van der Waals surface area (Å²) < 4.78 is 4.87. The first-order valence-corrected chi connectivity index (χ1v) is 15.4.